The van der Waals surface area contributed by atoms with E-state index in [0.29, 0.717) is 0 Å². The molecule has 1 amide bonds. The summed E-state index contributed by atoms with van der Waals surface area (Å²) in [7, 11) is 1.23. The quantitative estimate of drug-likeness (QED) is 0.910. The first-order valence-electron chi connectivity index (χ1n) is 5.02. The van der Waals surface area contributed by atoms with Crippen LogP contribution in [0.25, 0.3) is 0 Å². The van der Waals surface area contributed by atoms with Crippen molar-refractivity contribution in [2.75, 3.05) is 13.6 Å². The molecule has 0 spiro atoms. The lowest BCUT2D eigenvalue weighted by molar-refractivity contribution is -0.274. The van der Waals surface area contributed by atoms with Crippen LogP contribution in [0.2, 0.25) is 0 Å². The van der Waals surface area contributed by atoms with Crippen LogP contribution >= 0.6 is 0 Å². The van der Waals surface area contributed by atoms with Crippen LogP contribution in [-0.2, 0) is 4.79 Å². The minimum atomic E-state index is -4.85. The maximum absolute atomic E-state index is 12.0. The first kappa shape index (κ1) is 14.8. The van der Waals surface area contributed by atoms with Gasteiger partial charge in [0, 0.05) is 12.6 Å². The van der Waals surface area contributed by atoms with Crippen LogP contribution in [0.4, 0.5) is 13.2 Å². The van der Waals surface area contributed by atoms with Gasteiger partial charge in [0.2, 0.25) is 0 Å². The fourth-order valence-electron chi connectivity index (χ4n) is 1.32. The molecule has 0 aliphatic rings. The maximum Gasteiger partial charge on any atom is 0.573 e. The van der Waals surface area contributed by atoms with Crippen LogP contribution in [0.15, 0.2) is 24.3 Å². The van der Waals surface area contributed by atoms with E-state index in [1.807, 2.05) is 0 Å². The maximum atomic E-state index is 12.0. The molecule has 0 aliphatic heterocycles. The van der Waals surface area contributed by atoms with E-state index in [2.05, 4.69) is 4.74 Å². The van der Waals surface area contributed by atoms with Gasteiger partial charge in [-0.2, -0.15) is 0 Å². The number of aliphatic carboxylic acids is 1. The largest absolute Gasteiger partial charge is 0.573 e. The number of hydrogen-bond acceptors (Lipinski definition) is 3. The molecule has 0 aliphatic carbocycles. The van der Waals surface area contributed by atoms with Crippen molar-refractivity contribution in [3.63, 3.8) is 0 Å². The van der Waals surface area contributed by atoms with Crippen molar-refractivity contribution in [1.82, 2.24) is 4.90 Å². The molecule has 0 unspecified atom stereocenters. The SMILES string of the molecule is CN(CC(=O)O)C(=O)c1cccc(OC(F)(F)F)c1. The lowest BCUT2D eigenvalue weighted by atomic mass is 10.2. The van der Waals surface area contributed by atoms with E-state index in [1.54, 1.807) is 0 Å². The van der Waals surface area contributed by atoms with Crippen molar-refractivity contribution < 1.29 is 32.6 Å². The number of alkyl halides is 3. The number of carbonyl (C=O) groups is 2. The van der Waals surface area contributed by atoms with E-state index < -0.39 is 30.5 Å². The number of amides is 1. The number of halogens is 3. The van der Waals surface area contributed by atoms with Gasteiger partial charge in [-0.1, -0.05) is 6.07 Å². The van der Waals surface area contributed by atoms with Gasteiger partial charge in [0.1, 0.15) is 12.3 Å². The molecule has 0 atom stereocenters. The highest BCUT2D eigenvalue weighted by Gasteiger charge is 2.31. The summed E-state index contributed by atoms with van der Waals surface area (Å²) in [5.74, 6) is -2.48. The topological polar surface area (TPSA) is 66.8 Å². The predicted molar refractivity (Wildman–Crippen MR) is 57.7 cm³/mol. The van der Waals surface area contributed by atoms with Crippen LogP contribution in [0.1, 0.15) is 10.4 Å². The zero-order valence-corrected chi connectivity index (χ0v) is 9.77. The van der Waals surface area contributed by atoms with Gasteiger partial charge in [-0.05, 0) is 18.2 Å². The van der Waals surface area contributed by atoms with Crippen molar-refractivity contribution >= 4 is 11.9 Å². The van der Waals surface area contributed by atoms with E-state index in [1.165, 1.54) is 19.2 Å². The number of nitrogens with zero attached hydrogens (tertiary/aromatic N) is 1. The standard InChI is InChI=1S/C11H10F3NO4/c1-15(6-9(16)17)10(18)7-3-2-4-8(5-7)19-11(12,13)14/h2-5H,6H2,1H3,(H,16,17). The predicted octanol–water partition coefficient (Wildman–Crippen LogP) is 1.74. The van der Waals surface area contributed by atoms with Crippen LogP contribution < -0.4 is 4.74 Å². The van der Waals surface area contributed by atoms with E-state index >= 15 is 0 Å². The van der Waals surface area contributed by atoms with Gasteiger partial charge in [-0.25, -0.2) is 0 Å². The van der Waals surface area contributed by atoms with Crippen molar-refractivity contribution in [1.29, 1.82) is 0 Å². The lowest BCUT2D eigenvalue weighted by Crippen LogP contribution is -2.31. The van der Waals surface area contributed by atoms with Gasteiger partial charge in [0.25, 0.3) is 5.91 Å². The lowest BCUT2D eigenvalue weighted by Gasteiger charge is -2.15. The Kier molecular flexibility index (Phi) is 4.36. The second-order valence-corrected chi connectivity index (χ2v) is 3.63. The molecule has 0 heterocycles. The summed E-state index contributed by atoms with van der Waals surface area (Å²) in [5.41, 5.74) is -0.0921. The van der Waals surface area contributed by atoms with Gasteiger partial charge >= 0.3 is 12.3 Å². The molecule has 5 nitrogen and oxygen atoms in total. The van der Waals surface area contributed by atoms with Crippen molar-refractivity contribution in [3.8, 4) is 5.75 Å². The fourth-order valence-corrected chi connectivity index (χ4v) is 1.32. The molecule has 0 bridgehead atoms. The summed E-state index contributed by atoms with van der Waals surface area (Å²) in [4.78, 5) is 23.0. The minimum absolute atomic E-state index is 0.0921. The third-order valence-corrected chi connectivity index (χ3v) is 2.03. The summed E-state index contributed by atoms with van der Waals surface area (Å²) >= 11 is 0. The molecule has 1 aromatic carbocycles. The number of hydrogen-bond donors (Lipinski definition) is 1. The Morgan fingerprint density at radius 1 is 1.37 bits per heavy atom. The summed E-state index contributed by atoms with van der Waals surface area (Å²) in [5, 5.41) is 8.52. The first-order chi connectivity index (χ1) is 8.69. The fraction of sp³-hybridized carbons (Fsp3) is 0.273. The van der Waals surface area contributed by atoms with Crippen LogP contribution in [0.5, 0.6) is 5.75 Å². The Morgan fingerprint density at radius 2 is 2.00 bits per heavy atom. The van der Waals surface area contributed by atoms with E-state index in [-0.39, 0.29) is 5.56 Å². The number of carbonyl (C=O) groups excluding carboxylic acids is 1. The third-order valence-electron chi connectivity index (χ3n) is 2.03. The van der Waals surface area contributed by atoms with Crippen LogP contribution in [-0.4, -0.2) is 41.8 Å². The molecule has 0 aromatic heterocycles. The van der Waals surface area contributed by atoms with Crippen molar-refractivity contribution in [2.24, 2.45) is 0 Å². The normalized spacial score (nSPS) is 10.9. The van der Waals surface area contributed by atoms with Gasteiger partial charge in [0.05, 0.1) is 0 Å². The number of ether oxygens (including phenoxy) is 1. The third kappa shape index (κ3) is 4.86. The molecule has 0 radical (unpaired) electrons. The summed E-state index contributed by atoms with van der Waals surface area (Å²) < 4.78 is 39.7. The van der Waals surface area contributed by atoms with Gasteiger partial charge in [0.15, 0.2) is 0 Å². The molecule has 19 heavy (non-hydrogen) atoms. The highest BCUT2D eigenvalue weighted by molar-refractivity contribution is 5.95. The van der Waals surface area contributed by atoms with Crippen molar-refractivity contribution in [2.45, 2.75) is 6.36 Å². The Morgan fingerprint density at radius 3 is 2.53 bits per heavy atom. The molecule has 8 heteroatoms. The zero-order chi connectivity index (χ0) is 14.6. The number of benzene rings is 1. The molecular formula is C11H10F3NO4. The summed E-state index contributed by atoms with van der Waals surface area (Å²) in [6, 6.07) is 4.42. The molecule has 104 valence electrons. The zero-order valence-electron chi connectivity index (χ0n) is 9.77. The Labute approximate surface area is 106 Å². The summed E-state index contributed by atoms with van der Waals surface area (Å²) in [6.07, 6.45) is -4.85. The average Bonchev–Trinajstić information content (AvgIpc) is 2.25. The number of likely N-dealkylation sites (N-methyl/N-ethyl adjacent to an activating group) is 1. The second-order valence-electron chi connectivity index (χ2n) is 3.63. The highest BCUT2D eigenvalue weighted by Crippen LogP contribution is 2.23. The van der Waals surface area contributed by atoms with E-state index in [0.717, 1.165) is 17.0 Å². The molecule has 0 saturated heterocycles. The Hall–Kier alpha value is -2.25. The van der Waals surface area contributed by atoms with Crippen LogP contribution in [0, 0.1) is 0 Å². The molecular weight excluding hydrogens is 267 g/mol. The molecule has 1 N–H and O–H groups in total. The van der Waals surface area contributed by atoms with E-state index in [9.17, 15) is 22.8 Å². The highest BCUT2D eigenvalue weighted by atomic mass is 19.4. The molecule has 1 aromatic rings. The Bertz CT molecular complexity index is 487. The summed E-state index contributed by atoms with van der Waals surface area (Å²) in [6.45, 7) is -0.552. The molecule has 0 fully saturated rings. The number of carboxylic acid groups (broad SMARTS) is 1. The minimum Gasteiger partial charge on any atom is -0.480 e. The van der Waals surface area contributed by atoms with Crippen molar-refractivity contribution in [3.05, 3.63) is 29.8 Å². The molecule has 0 saturated carbocycles. The first-order valence-corrected chi connectivity index (χ1v) is 5.02. The smallest absolute Gasteiger partial charge is 0.480 e. The average molecular weight is 277 g/mol. The second kappa shape index (κ2) is 5.59. The van der Waals surface area contributed by atoms with Gasteiger partial charge in [-0.15, -0.1) is 13.2 Å². The Balaban J connectivity index is 2.87. The number of rotatable bonds is 4. The van der Waals surface area contributed by atoms with E-state index in [4.69, 9.17) is 5.11 Å². The number of carboxylic acids is 1. The van der Waals surface area contributed by atoms with Crippen LogP contribution in [0.3, 0.4) is 0 Å². The van der Waals surface area contributed by atoms with Gasteiger partial charge in [-0.3, -0.25) is 9.59 Å². The monoisotopic (exact) mass is 277 g/mol. The van der Waals surface area contributed by atoms with Gasteiger partial charge < -0.3 is 14.7 Å². The molecule has 1 rings (SSSR count).